The molecule has 0 aromatic rings. The zero-order valence-corrected chi connectivity index (χ0v) is 11.4. The second-order valence-electron chi connectivity index (χ2n) is 4.95. The number of likely N-dealkylation sites (tertiary alicyclic amines) is 1. The average Bonchev–Trinajstić information content (AvgIpc) is 2.36. The highest BCUT2D eigenvalue weighted by molar-refractivity contribution is 5.71. The third-order valence-corrected chi connectivity index (χ3v) is 3.58. The summed E-state index contributed by atoms with van der Waals surface area (Å²) in [4.78, 5) is 13.6. The highest BCUT2D eigenvalue weighted by atomic mass is 16.5. The molecule has 4 nitrogen and oxygen atoms in total. The van der Waals surface area contributed by atoms with Crippen LogP contribution in [0.2, 0.25) is 0 Å². The van der Waals surface area contributed by atoms with Crippen molar-refractivity contribution in [3.05, 3.63) is 0 Å². The van der Waals surface area contributed by atoms with Crippen LogP contribution in [0.15, 0.2) is 0 Å². The first kappa shape index (κ1) is 14.5. The molecule has 1 N–H and O–H groups in total. The van der Waals surface area contributed by atoms with Crippen molar-refractivity contribution in [2.24, 2.45) is 5.92 Å². The van der Waals surface area contributed by atoms with E-state index in [1.54, 1.807) is 0 Å². The number of carbonyl (C=O) groups excluding carboxylic acids is 1. The SMILES string of the molecule is CCCN1CCCC(C(C)NCC(=O)OC)C1. The van der Waals surface area contributed by atoms with Crippen LogP contribution in [-0.4, -0.2) is 50.2 Å². The molecule has 0 bridgehead atoms. The van der Waals surface area contributed by atoms with Gasteiger partial charge in [-0.15, -0.1) is 0 Å². The number of nitrogens with one attached hydrogen (secondary N) is 1. The molecule has 4 heteroatoms. The third-order valence-electron chi connectivity index (χ3n) is 3.58. The molecule has 1 heterocycles. The van der Waals surface area contributed by atoms with E-state index < -0.39 is 0 Å². The summed E-state index contributed by atoms with van der Waals surface area (Å²) in [5, 5.41) is 3.26. The molecule has 17 heavy (non-hydrogen) atoms. The zero-order valence-electron chi connectivity index (χ0n) is 11.4. The lowest BCUT2D eigenvalue weighted by atomic mass is 9.91. The Labute approximate surface area is 105 Å². The van der Waals surface area contributed by atoms with Crippen molar-refractivity contribution in [2.75, 3.05) is 33.3 Å². The van der Waals surface area contributed by atoms with Crippen molar-refractivity contribution in [1.29, 1.82) is 0 Å². The van der Waals surface area contributed by atoms with Gasteiger partial charge in [-0.1, -0.05) is 6.92 Å². The molecule has 0 aliphatic carbocycles. The number of methoxy groups -OCH3 is 1. The molecule has 1 rings (SSSR count). The summed E-state index contributed by atoms with van der Waals surface area (Å²) in [5.41, 5.74) is 0. The largest absolute Gasteiger partial charge is 0.468 e. The molecule has 0 spiro atoms. The predicted octanol–water partition coefficient (Wildman–Crippen LogP) is 1.26. The maximum Gasteiger partial charge on any atom is 0.319 e. The van der Waals surface area contributed by atoms with Crippen LogP contribution in [0, 0.1) is 5.92 Å². The Hall–Kier alpha value is -0.610. The summed E-state index contributed by atoms with van der Waals surface area (Å²) >= 11 is 0. The Morgan fingerprint density at radius 3 is 3.00 bits per heavy atom. The molecule has 0 saturated carbocycles. The third kappa shape index (κ3) is 5.04. The van der Waals surface area contributed by atoms with Gasteiger partial charge in [0.15, 0.2) is 0 Å². The van der Waals surface area contributed by atoms with E-state index >= 15 is 0 Å². The van der Waals surface area contributed by atoms with Crippen LogP contribution >= 0.6 is 0 Å². The van der Waals surface area contributed by atoms with E-state index in [-0.39, 0.29) is 5.97 Å². The predicted molar refractivity (Wildman–Crippen MR) is 68.9 cm³/mol. The van der Waals surface area contributed by atoms with Gasteiger partial charge in [-0.25, -0.2) is 0 Å². The lowest BCUT2D eigenvalue weighted by Crippen LogP contribution is -2.45. The van der Waals surface area contributed by atoms with E-state index in [1.807, 2.05) is 0 Å². The van der Waals surface area contributed by atoms with Gasteiger partial charge in [0.2, 0.25) is 0 Å². The minimum absolute atomic E-state index is 0.182. The summed E-state index contributed by atoms with van der Waals surface area (Å²) in [6.07, 6.45) is 3.75. The van der Waals surface area contributed by atoms with E-state index in [2.05, 4.69) is 28.8 Å². The molecule has 0 aromatic heterocycles. The summed E-state index contributed by atoms with van der Waals surface area (Å²) in [6, 6.07) is 0.383. The number of rotatable bonds is 6. The number of hydrogen-bond donors (Lipinski definition) is 1. The molecule has 100 valence electrons. The van der Waals surface area contributed by atoms with Gasteiger partial charge >= 0.3 is 5.97 Å². The van der Waals surface area contributed by atoms with Gasteiger partial charge in [-0.05, 0) is 45.2 Å². The monoisotopic (exact) mass is 242 g/mol. The Morgan fingerprint density at radius 1 is 1.59 bits per heavy atom. The summed E-state index contributed by atoms with van der Waals surface area (Å²) in [6.45, 7) is 8.30. The average molecular weight is 242 g/mol. The zero-order chi connectivity index (χ0) is 12.7. The van der Waals surface area contributed by atoms with Crippen molar-refractivity contribution >= 4 is 5.97 Å². The lowest BCUT2D eigenvalue weighted by molar-refractivity contribution is -0.139. The van der Waals surface area contributed by atoms with Crippen LogP contribution < -0.4 is 5.32 Å². The van der Waals surface area contributed by atoms with Gasteiger partial charge in [0, 0.05) is 12.6 Å². The van der Waals surface area contributed by atoms with Crippen molar-refractivity contribution in [2.45, 2.75) is 39.2 Å². The number of ether oxygens (including phenoxy) is 1. The lowest BCUT2D eigenvalue weighted by Gasteiger charge is -2.35. The van der Waals surface area contributed by atoms with Gasteiger partial charge in [0.1, 0.15) is 0 Å². The smallest absolute Gasteiger partial charge is 0.319 e. The quantitative estimate of drug-likeness (QED) is 0.712. The molecule has 2 unspecified atom stereocenters. The first-order valence-corrected chi connectivity index (χ1v) is 6.70. The van der Waals surface area contributed by atoms with Crippen molar-refractivity contribution < 1.29 is 9.53 Å². The molecule has 1 aliphatic heterocycles. The van der Waals surface area contributed by atoms with Gasteiger partial charge in [0.25, 0.3) is 0 Å². The second kappa shape index (κ2) is 7.67. The number of hydrogen-bond acceptors (Lipinski definition) is 4. The van der Waals surface area contributed by atoms with E-state index in [4.69, 9.17) is 0 Å². The number of piperidine rings is 1. The summed E-state index contributed by atoms with van der Waals surface area (Å²) < 4.78 is 4.64. The highest BCUT2D eigenvalue weighted by Gasteiger charge is 2.24. The maximum atomic E-state index is 11.1. The number of nitrogens with zero attached hydrogens (tertiary/aromatic N) is 1. The van der Waals surface area contributed by atoms with Crippen LogP contribution in [0.25, 0.3) is 0 Å². The number of esters is 1. The second-order valence-corrected chi connectivity index (χ2v) is 4.95. The maximum absolute atomic E-state index is 11.1. The molecule has 2 atom stereocenters. The Balaban J connectivity index is 2.30. The molecule has 1 fully saturated rings. The number of carbonyl (C=O) groups is 1. The van der Waals surface area contributed by atoms with Crippen LogP contribution in [0.1, 0.15) is 33.1 Å². The van der Waals surface area contributed by atoms with Crippen LogP contribution in [0.5, 0.6) is 0 Å². The summed E-state index contributed by atoms with van der Waals surface area (Å²) in [7, 11) is 1.43. The Morgan fingerprint density at radius 2 is 2.35 bits per heavy atom. The first-order chi connectivity index (χ1) is 8.17. The van der Waals surface area contributed by atoms with E-state index in [1.165, 1.54) is 39.5 Å². The topological polar surface area (TPSA) is 41.6 Å². The van der Waals surface area contributed by atoms with Crippen LogP contribution in [-0.2, 0) is 9.53 Å². The minimum atomic E-state index is -0.182. The van der Waals surface area contributed by atoms with E-state index in [0.717, 1.165) is 6.54 Å². The molecular formula is C13H26N2O2. The van der Waals surface area contributed by atoms with E-state index in [0.29, 0.717) is 18.5 Å². The van der Waals surface area contributed by atoms with Crippen molar-refractivity contribution in [3.8, 4) is 0 Å². The molecule has 0 aromatic carbocycles. The van der Waals surface area contributed by atoms with Gasteiger partial charge in [-0.2, -0.15) is 0 Å². The van der Waals surface area contributed by atoms with Crippen LogP contribution in [0.3, 0.4) is 0 Å². The Bertz CT molecular complexity index is 231. The van der Waals surface area contributed by atoms with Crippen molar-refractivity contribution in [1.82, 2.24) is 10.2 Å². The Kier molecular flexibility index (Phi) is 6.52. The standard InChI is InChI=1S/C13H26N2O2/c1-4-7-15-8-5-6-12(10-15)11(2)14-9-13(16)17-3/h11-12,14H,4-10H2,1-3H3. The molecule has 1 saturated heterocycles. The molecule has 1 aliphatic rings. The van der Waals surface area contributed by atoms with Crippen LogP contribution in [0.4, 0.5) is 0 Å². The molecule has 0 amide bonds. The first-order valence-electron chi connectivity index (χ1n) is 6.70. The van der Waals surface area contributed by atoms with E-state index in [9.17, 15) is 4.79 Å². The van der Waals surface area contributed by atoms with Gasteiger partial charge in [-0.3, -0.25) is 4.79 Å². The summed E-state index contributed by atoms with van der Waals surface area (Å²) in [5.74, 6) is 0.470. The minimum Gasteiger partial charge on any atom is -0.468 e. The van der Waals surface area contributed by atoms with Gasteiger partial charge in [0.05, 0.1) is 13.7 Å². The van der Waals surface area contributed by atoms with Crippen molar-refractivity contribution in [3.63, 3.8) is 0 Å². The molecular weight excluding hydrogens is 216 g/mol. The normalized spacial score (nSPS) is 23.4. The highest BCUT2D eigenvalue weighted by Crippen LogP contribution is 2.19. The molecule has 0 radical (unpaired) electrons. The fourth-order valence-electron chi connectivity index (χ4n) is 2.50. The fourth-order valence-corrected chi connectivity index (χ4v) is 2.50. The van der Waals surface area contributed by atoms with Gasteiger partial charge < -0.3 is 15.0 Å². The fraction of sp³-hybridized carbons (Fsp3) is 0.923.